The molecule has 0 saturated carbocycles. The van der Waals surface area contributed by atoms with Crippen LogP contribution in [-0.4, -0.2) is 13.6 Å². The zero-order valence-electron chi connectivity index (χ0n) is 4.35. The minimum Gasteiger partial charge on any atom is -0.634 e. The van der Waals surface area contributed by atoms with Crippen LogP contribution >= 0.6 is 0 Å². The molecule has 1 rings (SSSR count). The zero-order valence-corrected chi connectivity index (χ0v) is 4.35. The van der Waals surface area contributed by atoms with Gasteiger partial charge in [-0.1, -0.05) is 12.2 Å². The first-order valence-corrected chi connectivity index (χ1v) is 2.47. The Kier molecular flexibility index (Phi) is 1.13. The second-order valence-corrected chi connectivity index (χ2v) is 1.95. The molecular weight excluding hydrogens is 90.1 g/mol. The van der Waals surface area contributed by atoms with Crippen molar-refractivity contribution in [2.75, 3.05) is 13.6 Å². The van der Waals surface area contributed by atoms with Crippen LogP contribution in [0.5, 0.6) is 0 Å². The highest BCUT2D eigenvalue weighted by Gasteiger charge is 2.11. The fourth-order valence-corrected chi connectivity index (χ4v) is 0.547. The van der Waals surface area contributed by atoms with E-state index in [9.17, 15) is 5.21 Å². The summed E-state index contributed by atoms with van der Waals surface area (Å²) in [4.78, 5) is 0. The summed E-state index contributed by atoms with van der Waals surface area (Å²) in [7, 11) is 1.62. The highest BCUT2D eigenvalue weighted by molar-refractivity contribution is 5.12. The smallest absolute Gasteiger partial charge is 0.0865 e. The minimum atomic E-state index is 0.287. The molecule has 40 valence electrons. The molecule has 2 nitrogen and oxygen atoms in total. The molecule has 0 aromatic heterocycles. The number of hydrogen-bond acceptors (Lipinski definition) is 1. The number of hydrogen-bond donors (Lipinski definition) is 1. The maximum atomic E-state index is 10.3. The molecule has 0 aromatic carbocycles. The summed E-state index contributed by atoms with van der Waals surface area (Å²) in [5.41, 5.74) is 0. The van der Waals surface area contributed by atoms with Gasteiger partial charge >= 0.3 is 0 Å². The van der Waals surface area contributed by atoms with Crippen molar-refractivity contribution >= 4 is 0 Å². The maximum Gasteiger partial charge on any atom is 0.0865 e. The van der Waals surface area contributed by atoms with Crippen LogP contribution in [0.15, 0.2) is 12.2 Å². The van der Waals surface area contributed by atoms with Crippen LogP contribution in [-0.2, 0) is 0 Å². The van der Waals surface area contributed by atoms with Crippen LogP contribution in [0.3, 0.4) is 0 Å². The predicted octanol–water partition coefficient (Wildman–Crippen LogP) is -0.815. The van der Waals surface area contributed by atoms with Gasteiger partial charge in [-0.25, -0.2) is 0 Å². The second kappa shape index (κ2) is 1.64. The summed E-state index contributed by atoms with van der Waals surface area (Å²) in [5, 5.41) is 10.5. The molecule has 7 heavy (non-hydrogen) atoms. The van der Waals surface area contributed by atoms with Gasteiger partial charge in [-0.2, -0.15) is 0 Å². The van der Waals surface area contributed by atoms with Gasteiger partial charge in [0.2, 0.25) is 0 Å². The molecule has 0 aromatic rings. The monoisotopic (exact) mass is 99.1 g/mol. The molecule has 0 saturated heterocycles. The quantitative estimate of drug-likeness (QED) is 0.355. The van der Waals surface area contributed by atoms with Gasteiger partial charge in [0.25, 0.3) is 0 Å². The minimum absolute atomic E-state index is 0.287. The molecule has 1 aliphatic carbocycles. The van der Waals surface area contributed by atoms with Crippen LogP contribution in [0.1, 0.15) is 0 Å². The van der Waals surface area contributed by atoms with E-state index in [4.69, 9.17) is 0 Å². The van der Waals surface area contributed by atoms with Crippen LogP contribution < -0.4 is 5.06 Å². The maximum absolute atomic E-state index is 10.3. The first-order valence-electron chi connectivity index (χ1n) is 2.47. The molecule has 0 heterocycles. The molecule has 1 aliphatic rings. The number of rotatable bonds is 2. The average Bonchev–Trinajstić information content (AvgIpc) is 2.17. The van der Waals surface area contributed by atoms with Gasteiger partial charge in [0.15, 0.2) is 0 Å². The van der Waals surface area contributed by atoms with Crippen molar-refractivity contribution in [3.63, 3.8) is 0 Å². The Balaban J connectivity index is 1.99. The molecular formula is C5H9NO. The molecule has 1 atom stereocenters. The van der Waals surface area contributed by atoms with E-state index in [0.717, 1.165) is 6.54 Å². The Bertz CT molecular complexity index is 82.1. The van der Waals surface area contributed by atoms with Gasteiger partial charge < -0.3 is 10.3 Å². The Hall–Kier alpha value is -0.340. The summed E-state index contributed by atoms with van der Waals surface area (Å²) in [6.07, 6.45) is 4.09. The number of nitrogens with one attached hydrogen (secondary N) is 1. The van der Waals surface area contributed by atoms with E-state index in [1.165, 1.54) is 0 Å². The Morgan fingerprint density at radius 3 is 2.43 bits per heavy atom. The fraction of sp³-hybridized carbons (Fsp3) is 0.600. The molecule has 1 N–H and O–H groups in total. The van der Waals surface area contributed by atoms with E-state index in [0.29, 0.717) is 5.92 Å². The average molecular weight is 99.1 g/mol. The summed E-state index contributed by atoms with van der Waals surface area (Å²) in [6.45, 7) is 0.722. The third-order valence-electron chi connectivity index (χ3n) is 0.988. The van der Waals surface area contributed by atoms with Crippen molar-refractivity contribution < 1.29 is 5.06 Å². The van der Waals surface area contributed by atoms with Gasteiger partial charge in [-0.05, 0) is 0 Å². The molecule has 0 bridgehead atoms. The molecule has 0 radical (unpaired) electrons. The largest absolute Gasteiger partial charge is 0.634 e. The van der Waals surface area contributed by atoms with E-state index < -0.39 is 0 Å². The lowest BCUT2D eigenvalue weighted by molar-refractivity contribution is -0.827. The predicted molar refractivity (Wildman–Crippen MR) is 27.8 cm³/mol. The van der Waals surface area contributed by atoms with Crippen LogP contribution in [0.4, 0.5) is 0 Å². The summed E-state index contributed by atoms with van der Waals surface area (Å²) >= 11 is 0. The standard InChI is InChI=1S/C5H9NO/c1-6(7)4-5-2-3-5/h2-3,5-6H,4H2,1H3. The lowest BCUT2D eigenvalue weighted by Crippen LogP contribution is -3.04. The zero-order chi connectivity index (χ0) is 5.28. The van der Waals surface area contributed by atoms with Crippen molar-refractivity contribution in [3.05, 3.63) is 17.4 Å². The van der Waals surface area contributed by atoms with Crippen molar-refractivity contribution in [2.24, 2.45) is 5.92 Å². The summed E-state index contributed by atoms with van der Waals surface area (Å²) in [5.74, 6) is 0.525. The third kappa shape index (κ3) is 1.71. The Labute approximate surface area is 43.0 Å². The van der Waals surface area contributed by atoms with Crippen molar-refractivity contribution in [2.45, 2.75) is 0 Å². The molecule has 0 amide bonds. The van der Waals surface area contributed by atoms with Crippen LogP contribution in [0.25, 0.3) is 0 Å². The van der Waals surface area contributed by atoms with E-state index in [1.807, 2.05) is 12.2 Å². The molecule has 0 spiro atoms. The van der Waals surface area contributed by atoms with E-state index in [2.05, 4.69) is 0 Å². The molecule has 0 aliphatic heterocycles. The normalized spacial score (nSPS) is 22.6. The van der Waals surface area contributed by atoms with Gasteiger partial charge in [0, 0.05) is 5.92 Å². The first-order chi connectivity index (χ1) is 3.29. The van der Waals surface area contributed by atoms with Crippen LogP contribution in [0, 0.1) is 11.1 Å². The summed E-state index contributed by atoms with van der Waals surface area (Å²) in [6, 6.07) is 0. The topological polar surface area (TPSA) is 27.5 Å². The van der Waals surface area contributed by atoms with Gasteiger partial charge in [-0.15, -0.1) is 0 Å². The van der Waals surface area contributed by atoms with Gasteiger partial charge in [0.1, 0.15) is 0 Å². The first kappa shape index (κ1) is 4.81. The lowest BCUT2D eigenvalue weighted by atomic mass is 10.4. The number of hydroxylamine groups is 2. The van der Waals surface area contributed by atoms with Gasteiger partial charge in [-0.3, -0.25) is 0 Å². The van der Waals surface area contributed by atoms with Crippen LogP contribution in [0.2, 0.25) is 0 Å². The Morgan fingerprint density at radius 2 is 2.29 bits per heavy atom. The molecule has 2 heteroatoms. The second-order valence-electron chi connectivity index (χ2n) is 1.95. The Morgan fingerprint density at radius 1 is 1.71 bits per heavy atom. The van der Waals surface area contributed by atoms with Gasteiger partial charge in [0.05, 0.1) is 13.6 Å². The lowest BCUT2D eigenvalue weighted by Gasteiger charge is -2.14. The molecule has 1 unspecified atom stereocenters. The fourth-order valence-electron chi connectivity index (χ4n) is 0.547. The third-order valence-corrected chi connectivity index (χ3v) is 0.988. The SMILES string of the molecule is C[NH+]([O-])CC1C=C1. The number of quaternary nitrogens is 1. The highest BCUT2D eigenvalue weighted by atomic mass is 16.5. The highest BCUT2D eigenvalue weighted by Crippen LogP contribution is 2.11. The van der Waals surface area contributed by atoms with Crippen molar-refractivity contribution in [1.82, 2.24) is 0 Å². The summed E-state index contributed by atoms with van der Waals surface area (Å²) < 4.78 is 0. The van der Waals surface area contributed by atoms with E-state index in [1.54, 1.807) is 7.05 Å². The molecule has 0 fully saturated rings. The van der Waals surface area contributed by atoms with Crippen molar-refractivity contribution in [3.8, 4) is 0 Å². The van der Waals surface area contributed by atoms with Crippen molar-refractivity contribution in [1.29, 1.82) is 0 Å². The van der Waals surface area contributed by atoms with E-state index >= 15 is 0 Å². The van der Waals surface area contributed by atoms with E-state index in [-0.39, 0.29) is 5.06 Å².